The second kappa shape index (κ2) is 6.98. The highest BCUT2D eigenvalue weighted by Crippen LogP contribution is 2.30. The molecule has 0 saturated heterocycles. The third-order valence-corrected chi connectivity index (χ3v) is 3.79. The fourth-order valence-electron chi connectivity index (χ4n) is 2.38. The first-order chi connectivity index (χ1) is 12.3. The van der Waals surface area contributed by atoms with E-state index in [9.17, 15) is 18.0 Å². The van der Waals surface area contributed by atoms with Gasteiger partial charge in [-0.2, -0.15) is 17.7 Å². The van der Waals surface area contributed by atoms with E-state index in [2.05, 4.69) is 26.1 Å². The first kappa shape index (κ1) is 17.6. The van der Waals surface area contributed by atoms with E-state index in [1.807, 2.05) is 0 Å². The van der Waals surface area contributed by atoms with Crippen LogP contribution >= 0.6 is 0 Å². The average Bonchev–Trinajstić information content (AvgIpc) is 3.07. The Morgan fingerprint density at radius 3 is 2.62 bits per heavy atom. The Morgan fingerprint density at radius 1 is 1.19 bits per heavy atom. The summed E-state index contributed by atoms with van der Waals surface area (Å²) in [4.78, 5) is 12.0. The molecule has 10 heteroatoms. The SMILES string of the molecule is C[C@@H](CC(=O)NNc1ccc2nncn2n1)c1ccc(C(F)(F)F)cc1. The number of hydrogen-bond acceptors (Lipinski definition) is 5. The van der Waals surface area contributed by atoms with Gasteiger partial charge < -0.3 is 0 Å². The van der Waals surface area contributed by atoms with Gasteiger partial charge in [0.05, 0.1) is 5.56 Å². The van der Waals surface area contributed by atoms with E-state index in [0.29, 0.717) is 17.0 Å². The fourth-order valence-corrected chi connectivity index (χ4v) is 2.38. The van der Waals surface area contributed by atoms with Gasteiger partial charge in [-0.05, 0) is 35.7 Å². The van der Waals surface area contributed by atoms with Crippen LogP contribution in [0.15, 0.2) is 42.7 Å². The number of anilines is 1. The van der Waals surface area contributed by atoms with Crippen LogP contribution in [0.3, 0.4) is 0 Å². The van der Waals surface area contributed by atoms with Crippen molar-refractivity contribution in [3.63, 3.8) is 0 Å². The molecule has 0 aliphatic carbocycles. The summed E-state index contributed by atoms with van der Waals surface area (Å²) < 4.78 is 39.2. The zero-order valence-corrected chi connectivity index (χ0v) is 13.7. The van der Waals surface area contributed by atoms with E-state index in [1.54, 1.807) is 19.1 Å². The fraction of sp³-hybridized carbons (Fsp3) is 0.250. The molecule has 1 aromatic carbocycles. The largest absolute Gasteiger partial charge is 0.416 e. The molecule has 0 fully saturated rings. The number of rotatable bonds is 5. The highest BCUT2D eigenvalue weighted by molar-refractivity contribution is 5.78. The van der Waals surface area contributed by atoms with E-state index in [1.165, 1.54) is 23.0 Å². The number of carbonyl (C=O) groups is 1. The third kappa shape index (κ3) is 4.08. The maximum Gasteiger partial charge on any atom is 0.416 e. The first-order valence-corrected chi connectivity index (χ1v) is 7.72. The number of alkyl halides is 3. The lowest BCUT2D eigenvalue weighted by molar-refractivity contribution is -0.137. The van der Waals surface area contributed by atoms with Crippen LogP contribution in [0, 0.1) is 0 Å². The normalized spacial score (nSPS) is 12.8. The average molecular weight is 364 g/mol. The van der Waals surface area contributed by atoms with Crippen LogP contribution in [0.1, 0.15) is 30.4 Å². The molecule has 0 saturated carbocycles. The molecule has 3 rings (SSSR count). The van der Waals surface area contributed by atoms with Crippen molar-refractivity contribution < 1.29 is 18.0 Å². The van der Waals surface area contributed by atoms with E-state index < -0.39 is 11.7 Å². The van der Waals surface area contributed by atoms with Crippen LogP contribution in [0.25, 0.3) is 5.65 Å². The summed E-state index contributed by atoms with van der Waals surface area (Å²) in [5.41, 5.74) is 5.69. The Hall–Kier alpha value is -3.17. The predicted octanol–water partition coefficient (Wildman–Crippen LogP) is 2.78. The number of hydrazine groups is 1. The van der Waals surface area contributed by atoms with Gasteiger partial charge in [0, 0.05) is 6.42 Å². The number of amides is 1. The van der Waals surface area contributed by atoms with Gasteiger partial charge in [0.2, 0.25) is 5.91 Å². The first-order valence-electron chi connectivity index (χ1n) is 7.72. The highest BCUT2D eigenvalue weighted by atomic mass is 19.4. The highest BCUT2D eigenvalue weighted by Gasteiger charge is 2.30. The minimum atomic E-state index is -4.37. The summed E-state index contributed by atoms with van der Waals surface area (Å²) in [6, 6.07) is 8.11. The number of nitrogens with zero attached hydrogens (tertiary/aromatic N) is 4. The number of benzene rings is 1. The van der Waals surface area contributed by atoms with Crippen molar-refractivity contribution in [1.29, 1.82) is 0 Å². The van der Waals surface area contributed by atoms with Crippen LogP contribution in [0.4, 0.5) is 19.0 Å². The molecule has 2 N–H and O–H groups in total. The standard InChI is InChI=1S/C16H15F3N6O/c1-10(11-2-4-12(5-3-11)16(17,18)19)8-15(26)23-21-13-6-7-14-22-20-9-25(14)24-13/h2-7,9-10H,8H2,1H3,(H,21,24)(H,23,26)/t10-/m0/s1. The van der Waals surface area contributed by atoms with Gasteiger partial charge in [0.15, 0.2) is 11.5 Å². The van der Waals surface area contributed by atoms with Gasteiger partial charge in [-0.25, -0.2) is 0 Å². The molecule has 3 aromatic rings. The van der Waals surface area contributed by atoms with Crippen molar-refractivity contribution in [1.82, 2.24) is 25.2 Å². The van der Waals surface area contributed by atoms with Crippen molar-refractivity contribution in [2.24, 2.45) is 0 Å². The number of aromatic nitrogens is 4. The van der Waals surface area contributed by atoms with E-state index in [-0.39, 0.29) is 18.2 Å². The second-order valence-electron chi connectivity index (χ2n) is 5.75. The molecule has 0 aliphatic heterocycles. The molecule has 0 unspecified atom stereocenters. The van der Waals surface area contributed by atoms with Gasteiger partial charge in [-0.3, -0.25) is 15.6 Å². The van der Waals surface area contributed by atoms with Crippen LogP contribution in [0.2, 0.25) is 0 Å². The Kier molecular flexibility index (Phi) is 4.74. The van der Waals surface area contributed by atoms with Crippen molar-refractivity contribution in [3.8, 4) is 0 Å². The van der Waals surface area contributed by atoms with E-state index in [4.69, 9.17) is 0 Å². The molecule has 0 bridgehead atoms. The lowest BCUT2D eigenvalue weighted by atomic mass is 9.96. The van der Waals surface area contributed by atoms with Crippen LogP contribution in [-0.2, 0) is 11.0 Å². The summed E-state index contributed by atoms with van der Waals surface area (Å²) in [5.74, 6) is -0.164. The van der Waals surface area contributed by atoms with Crippen LogP contribution in [0.5, 0.6) is 0 Å². The Labute approximate surface area is 146 Å². The van der Waals surface area contributed by atoms with Crippen molar-refractivity contribution >= 4 is 17.4 Å². The smallest absolute Gasteiger partial charge is 0.280 e. The van der Waals surface area contributed by atoms with E-state index in [0.717, 1.165) is 12.1 Å². The van der Waals surface area contributed by atoms with Gasteiger partial charge in [-0.15, -0.1) is 15.3 Å². The summed E-state index contributed by atoms with van der Waals surface area (Å²) in [7, 11) is 0. The molecular weight excluding hydrogens is 349 g/mol. The quantitative estimate of drug-likeness (QED) is 0.680. The molecule has 0 spiro atoms. The monoisotopic (exact) mass is 364 g/mol. The molecule has 7 nitrogen and oxygen atoms in total. The van der Waals surface area contributed by atoms with Crippen LogP contribution < -0.4 is 10.9 Å². The molecule has 2 heterocycles. The molecular formula is C16H15F3N6O. The molecule has 0 radical (unpaired) electrons. The second-order valence-corrected chi connectivity index (χ2v) is 5.75. The lowest BCUT2D eigenvalue weighted by Gasteiger charge is -2.14. The number of halogens is 3. The molecule has 2 aromatic heterocycles. The maximum absolute atomic E-state index is 12.6. The minimum absolute atomic E-state index is 0.104. The topological polar surface area (TPSA) is 84.2 Å². The van der Waals surface area contributed by atoms with Gasteiger partial charge >= 0.3 is 6.18 Å². The number of fused-ring (bicyclic) bond motifs is 1. The Balaban J connectivity index is 1.55. The van der Waals surface area contributed by atoms with Gasteiger partial charge in [0.25, 0.3) is 0 Å². The Morgan fingerprint density at radius 2 is 1.92 bits per heavy atom. The maximum atomic E-state index is 12.6. The molecule has 1 amide bonds. The van der Waals surface area contributed by atoms with E-state index >= 15 is 0 Å². The predicted molar refractivity (Wildman–Crippen MR) is 87.0 cm³/mol. The molecule has 26 heavy (non-hydrogen) atoms. The zero-order valence-electron chi connectivity index (χ0n) is 13.7. The number of nitrogens with one attached hydrogen (secondary N) is 2. The van der Waals surface area contributed by atoms with Gasteiger partial charge in [-0.1, -0.05) is 19.1 Å². The molecule has 136 valence electrons. The van der Waals surface area contributed by atoms with Crippen molar-refractivity contribution in [3.05, 3.63) is 53.9 Å². The number of hydrogen-bond donors (Lipinski definition) is 2. The number of carbonyl (C=O) groups excluding carboxylic acids is 1. The van der Waals surface area contributed by atoms with Gasteiger partial charge in [0.1, 0.15) is 6.33 Å². The summed E-state index contributed by atoms with van der Waals surface area (Å²) in [6.45, 7) is 1.77. The zero-order chi connectivity index (χ0) is 18.7. The minimum Gasteiger partial charge on any atom is -0.280 e. The third-order valence-electron chi connectivity index (χ3n) is 3.79. The lowest BCUT2D eigenvalue weighted by Crippen LogP contribution is -2.30. The summed E-state index contributed by atoms with van der Waals surface area (Å²) in [5, 5.41) is 11.6. The van der Waals surface area contributed by atoms with Crippen molar-refractivity contribution in [2.75, 3.05) is 5.43 Å². The van der Waals surface area contributed by atoms with Crippen LogP contribution in [-0.4, -0.2) is 25.7 Å². The van der Waals surface area contributed by atoms with Crippen molar-refractivity contribution in [2.45, 2.75) is 25.4 Å². The molecule has 1 atom stereocenters. The Bertz CT molecular complexity index is 906. The molecule has 0 aliphatic rings. The summed E-state index contributed by atoms with van der Waals surface area (Å²) in [6.07, 6.45) is -2.84. The summed E-state index contributed by atoms with van der Waals surface area (Å²) >= 11 is 0.